The predicted octanol–water partition coefficient (Wildman–Crippen LogP) is 2.24. The molecule has 1 unspecified atom stereocenters. The first-order chi connectivity index (χ1) is 8.93. The van der Waals surface area contributed by atoms with E-state index in [0.29, 0.717) is 5.92 Å². The lowest BCUT2D eigenvalue weighted by molar-refractivity contribution is 0.0276. The van der Waals surface area contributed by atoms with Gasteiger partial charge < -0.3 is 14.8 Å². The summed E-state index contributed by atoms with van der Waals surface area (Å²) in [4.78, 5) is 0. The van der Waals surface area contributed by atoms with E-state index in [0.717, 1.165) is 45.8 Å². The third kappa shape index (κ3) is 2.74. The number of ether oxygens (including phenoxy) is 2. The normalized spacial score (nSPS) is 26.1. The van der Waals surface area contributed by atoms with Gasteiger partial charge in [0.05, 0.1) is 12.7 Å². The molecule has 0 aliphatic carbocycles. The smallest absolute Gasteiger partial charge is 0.0949 e. The topological polar surface area (TPSA) is 30.5 Å². The number of benzene rings is 1. The largest absolute Gasteiger partial charge is 0.381 e. The number of hydrogen-bond acceptors (Lipinski definition) is 3. The van der Waals surface area contributed by atoms with E-state index in [1.165, 1.54) is 11.1 Å². The molecule has 3 rings (SSSR count). The van der Waals surface area contributed by atoms with Crippen molar-refractivity contribution in [1.82, 2.24) is 5.32 Å². The number of nitrogens with one attached hydrogen (secondary N) is 1. The Bertz CT molecular complexity index is 349. The summed E-state index contributed by atoms with van der Waals surface area (Å²) in [7, 11) is 0. The monoisotopic (exact) mass is 247 g/mol. The fourth-order valence-corrected chi connectivity index (χ4v) is 2.82. The fourth-order valence-electron chi connectivity index (χ4n) is 2.82. The number of rotatable bonds is 2. The Balaban J connectivity index is 1.75. The summed E-state index contributed by atoms with van der Waals surface area (Å²) < 4.78 is 11.3. The highest BCUT2D eigenvalue weighted by molar-refractivity contribution is 5.28. The minimum Gasteiger partial charge on any atom is -0.381 e. The first-order valence-corrected chi connectivity index (χ1v) is 6.93. The van der Waals surface area contributed by atoms with Crippen molar-refractivity contribution in [3.8, 4) is 0 Å². The van der Waals surface area contributed by atoms with E-state index in [4.69, 9.17) is 9.47 Å². The Labute approximate surface area is 108 Å². The van der Waals surface area contributed by atoms with Crippen LogP contribution in [0.4, 0.5) is 0 Å². The van der Waals surface area contributed by atoms with E-state index >= 15 is 0 Å². The molecule has 2 aliphatic rings. The van der Waals surface area contributed by atoms with Crippen molar-refractivity contribution in [2.45, 2.75) is 24.9 Å². The second-order valence-corrected chi connectivity index (χ2v) is 5.12. The quantitative estimate of drug-likeness (QED) is 0.869. The van der Waals surface area contributed by atoms with Crippen molar-refractivity contribution in [2.24, 2.45) is 0 Å². The second kappa shape index (κ2) is 5.83. The van der Waals surface area contributed by atoms with E-state index in [-0.39, 0.29) is 6.10 Å². The van der Waals surface area contributed by atoms with Crippen LogP contribution in [0.5, 0.6) is 0 Å². The van der Waals surface area contributed by atoms with Crippen molar-refractivity contribution in [1.29, 1.82) is 0 Å². The molecule has 3 nitrogen and oxygen atoms in total. The molecule has 2 heterocycles. The van der Waals surface area contributed by atoms with E-state index in [9.17, 15) is 0 Å². The summed E-state index contributed by atoms with van der Waals surface area (Å²) in [6.45, 7) is 4.51. The lowest BCUT2D eigenvalue weighted by Gasteiger charge is -2.26. The van der Waals surface area contributed by atoms with Gasteiger partial charge in [-0.3, -0.25) is 0 Å². The van der Waals surface area contributed by atoms with Gasteiger partial charge in [0.25, 0.3) is 0 Å². The zero-order valence-corrected chi connectivity index (χ0v) is 10.7. The fraction of sp³-hybridized carbons (Fsp3) is 0.600. The Morgan fingerprint density at radius 2 is 1.89 bits per heavy atom. The minimum atomic E-state index is 0.221. The molecule has 1 aromatic rings. The van der Waals surface area contributed by atoms with Gasteiger partial charge in [-0.15, -0.1) is 0 Å². The van der Waals surface area contributed by atoms with Crippen LogP contribution in [0.2, 0.25) is 0 Å². The van der Waals surface area contributed by atoms with Crippen molar-refractivity contribution < 1.29 is 9.47 Å². The molecule has 0 bridgehead atoms. The molecule has 2 aliphatic heterocycles. The highest BCUT2D eigenvalue weighted by Crippen LogP contribution is 2.29. The van der Waals surface area contributed by atoms with Crippen LogP contribution >= 0.6 is 0 Å². The molecule has 0 saturated carbocycles. The Hall–Kier alpha value is -0.900. The molecule has 2 fully saturated rings. The van der Waals surface area contributed by atoms with E-state index < -0.39 is 0 Å². The van der Waals surface area contributed by atoms with Crippen LogP contribution in [0, 0.1) is 0 Å². The molecule has 1 aromatic carbocycles. The van der Waals surface area contributed by atoms with Gasteiger partial charge in [0.15, 0.2) is 0 Å². The highest BCUT2D eigenvalue weighted by Gasteiger charge is 2.19. The van der Waals surface area contributed by atoms with Crippen LogP contribution in [0.1, 0.15) is 36.0 Å². The van der Waals surface area contributed by atoms with Crippen molar-refractivity contribution in [2.75, 3.05) is 32.9 Å². The third-order valence-corrected chi connectivity index (χ3v) is 3.90. The maximum atomic E-state index is 5.82. The summed E-state index contributed by atoms with van der Waals surface area (Å²) in [5.41, 5.74) is 2.76. The predicted molar refractivity (Wildman–Crippen MR) is 70.8 cm³/mol. The van der Waals surface area contributed by atoms with Gasteiger partial charge in [0.2, 0.25) is 0 Å². The lowest BCUT2D eigenvalue weighted by Crippen LogP contribution is -2.33. The molecular formula is C15H21NO2. The maximum absolute atomic E-state index is 5.82. The Kier molecular flexibility index (Phi) is 3.93. The highest BCUT2D eigenvalue weighted by atomic mass is 16.5. The number of morpholine rings is 1. The van der Waals surface area contributed by atoms with Crippen LogP contribution in [-0.2, 0) is 9.47 Å². The van der Waals surface area contributed by atoms with Gasteiger partial charge >= 0.3 is 0 Å². The Morgan fingerprint density at radius 3 is 2.67 bits per heavy atom. The van der Waals surface area contributed by atoms with Crippen LogP contribution in [0.3, 0.4) is 0 Å². The summed E-state index contributed by atoms with van der Waals surface area (Å²) in [6, 6.07) is 8.92. The molecule has 0 aromatic heterocycles. The zero-order chi connectivity index (χ0) is 12.2. The van der Waals surface area contributed by atoms with Gasteiger partial charge in [-0.25, -0.2) is 0 Å². The van der Waals surface area contributed by atoms with Gasteiger partial charge in [-0.05, 0) is 29.9 Å². The lowest BCUT2D eigenvalue weighted by atomic mass is 9.90. The van der Waals surface area contributed by atoms with Crippen LogP contribution in [0.25, 0.3) is 0 Å². The number of hydrogen-bond donors (Lipinski definition) is 1. The second-order valence-electron chi connectivity index (χ2n) is 5.12. The molecular weight excluding hydrogens is 226 g/mol. The van der Waals surface area contributed by atoms with E-state index in [1.807, 2.05) is 0 Å². The van der Waals surface area contributed by atoms with Crippen molar-refractivity contribution in [3.63, 3.8) is 0 Å². The third-order valence-electron chi connectivity index (χ3n) is 3.90. The summed E-state index contributed by atoms with van der Waals surface area (Å²) in [5.74, 6) is 0.662. The van der Waals surface area contributed by atoms with Gasteiger partial charge in [0.1, 0.15) is 0 Å². The standard InChI is InChI=1S/C15H21NO2/c1-2-13(12-4-7-17-8-5-12)10-14(3-1)15-11-16-6-9-18-15/h1-3,10,12,15-16H,4-9,11H2. The molecule has 1 N–H and O–H groups in total. The average Bonchev–Trinajstić information content (AvgIpc) is 2.49. The van der Waals surface area contributed by atoms with Crippen LogP contribution in [0.15, 0.2) is 24.3 Å². The SMILES string of the molecule is c1cc(C2CCOCC2)cc(C2CNCCO2)c1. The van der Waals surface area contributed by atoms with E-state index in [2.05, 4.69) is 29.6 Å². The van der Waals surface area contributed by atoms with Gasteiger partial charge in [-0.2, -0.15) is 0 Å². The molecule has 3 heteroatoms. The molecule has 0 radical (unpaired) electrons. The molecule has 2 saturated heterocycles. The Morgan fingerprint density at radius 1 is 1.06 bits per heavy atom. The van der Waals surface area contributed by atoms with Crippen LogP contribution < -0.4 is 5.32 Å². The average molecular weight is 247 g/mol. The summed E-state index contributed by atoms with van der Waals surface area (Å²) >= 11 is 0. The van der Waals surface area contributed by atoms with Gasteiger partial charge in [0, 0.05) is 26.3 Å². The minimum absolute atomic E-state index is 0.221. The van der Waals surface area contributed by atoms with E-state index in [1.54, 1.807) is 0 Å². The molecule has 0 spiro atoms. The van der Waals surface area contributed by atoms with Crippen molar-refractivity contribution in [3.05, 3.63) is 35.4 Å². The molecule has 1 atom stereocenters. The van der Waals surface area contributed by atoms with Crippen molar-refractivity contribution >= 4 is 0 Å². The summed E-state index contributed by atoms with van der Waals surface area (Å²) in [5, 5.41) is 3.39. The zero-order valence-electron chi connectivity index (χ0n) is 10.7. The molecule has 18 heavy (non-hydrogen) atoms. The van der Waals surface area contributed by atoms with Crippen LogP contribution in [-0.4, -0.2) is 32.9 Å². The maximum Gasteiger partial charge on any atom is 0.0949 e. The first kappa shape index (κ1) is 12.2. The van der Waals surface area contributed by atoms with Gasteiger partial charge in [-0.1, -0.05) is 24.3 Å². The first-order valence-electron chi connectivity index (χ1n) is 6.93. The molecule has 98 valence electrons. The summed E-state index contributed by atoms with van der Waals surface area (Å²) in [6.07, 6.45) is 2.51. The molecule has 0 amide bonds.